The summed E-state index contributed by atoms with van der Waals surface area (Å²) in [5.41, 5.74) is 2.61. The Morgan fingerprint density at radius 2 is 1.73 bits per heavy atom. The van der Waals surface area contributed by atoms with Crippen molar-refractivity contribution in [2.45, 2.75) is 26.9 Å². The van der Waals surface area contributed by atoms with Gasteiger partial charge in [-0.1, -0.05) is 42.5 Å². The first-order chi connectivity index (χ1) is 14.5. The number of pyridine rings is 1. The SMILES string of the molecule is Cc1ccccc1CNC(=O)c1c(C)oc2ccn(Cc3ccccc3F)c(=O)c12. The molecule has 0 saturated heterocycles. The molecule has 0 aliphatic rings. The number of nitrogens with zero attached hydrogens (tertiary/aromatic N) is 1. The van der Waals surface area contributed by atoms with Crippen LogP contribution in [0.4, 0.5) is 4.39 Å². The predicted octanol–water partition coefficient (Wildman–Crippen LogP) is 4.33. The number of carbonyl (C=O) groups excluding carboxylic acids is 1. The molecule has 5 nitrogen and oxygen atoms in total. The molecule has 2 aromatic carbocycles. The lowest BCUT2D eigenvalue weighted by atomic mass is 10.1. The first kappa shape index (κ1) is 19.6. The van der Waals surface area contributed by atoms with Crippen molar-refractivity contribution < 1.29 is 13.6 Å². The third-order valence-corrected chi connectivity index (χ3v) is 5.22. The zero-order valence-electron chi connectivity index (χ0n) is 16.7. The van der Waals surface area contributed by atoms with Crippen molar-refractivity contribution in [3.05, 3.63) is 105 Å². The summed E-state index contributed by atoms with van der Waals surface area (Å²) in [5.74, 6) is -0.396. The third-order valence-electron chi connectivity index (χ3n) is 5.22. The lowest BCUT2D eigenvalue weighted by Crippen LogP contribution is -2.26. The second-order valence-electron chi connectivity index (χ2n) is 7.22. The van der Waals surface area contributed by atoms with Gasteiger partial charge in [-0.2, -0.15) is 0 Å². The monoisotopic (exact) mass is 404 g/mol. The predicted molar refractivity (Wildman–Crippen MR) is 113 cm³/mol. The number of furan rings is 1. The van der Waals surface area contributed by atoms with Gasteiger partial charge in [0.1, 0.15) is 17.2 Å². The molecular weight excluding hydrogens is 383 g/mol. The summed E-state index contributed by atoms with van der Waals surface area (Å²) >= 11 is 0. The molecule has 0 unspecified atom stereocenters. The maximum Gasteiger partial charge on any atom is 0.262 e. The first-order valence-corrected chi connectivity index (χ1v) is 9.64. The van der Waals surface area contributed by atoms with Gasteiger partial charge in [-0.15, -0.1) is 0 Å². The molecule has 0 saturated carbocycles. The normalized spacial score (nSPS) is 11.0. The molecule has 4 aromatic rings. The quantitative estimate of drug-likeness (QED) is 0.539. The van der Waals surface area contributed by atoms with Gasteiger partial charge < -0.3 is 14.3 Å². The molecule has 1 amide bonds. The van der Waals surface area contributed by atoms with Crippen molar-refractivity contribution >= 4 is 16.9 Å². The molecule has 30 heavy (non-hydrogen) atoms. The molecule has 0 aliphatic carbocycles. The Labute approximate surface area is 172 Å². The summed E-state index contributed by atoms with van der Waals surface area (Å²) < 4.78 is 21.1. The summed E-state index contributed by atoms with van der Waals surface area (Å²) in [6, 6.07) is 15.7. The van der Waals surface area contributed by atoms with Gasteiger partial charge >= 0.3 is 0 Å². The minimum absolute atomic E-state index is 0.0654. The number of benzene rings is 2. The van der Waals surface area contributed by atoms with E-state index in [1.165, 1.54) is 10.6 Å². The van der Waals surface area contributed by atoms with Crippen LogP contribution < -0.4 is 10.9 Å². The Balaban J connectivity index is 1.69. The zero-order valence-corrected chi connectivity index (χ0v) is 16.7. The second-order valence-corrected chi connectivity index (χ2v) is 7.22. The summed E-state index contributed by atoms with van der Waals surface area (Å²) in [7, 11) is 0. The fourth-order valence-electron chi connectivity index (χ4n) is 3.55. The van der Waals surface area contributed by atoms with Crippen LogP contribution in [-0.4, -0.2) is 10.5 Å². The van der Waals surface area contributed by atoms with Crippen LogP contribution >= 0.6 is 0 Å². The molecule has 0 bridgehead atoms. The van der Waals surface area contributed by atoms with Crippen molar-refractivity contribution in [2.24, 2.45) is 0 Å². The van der Waals surface area contributed by atoms with E-state index in [9.17, 15) is 14.0 Å². The lowest BCUT2D eigenvalue weighted by Gasteiger charge is -2.09. The maximum absolute atomic E-state index is 14.0. The van der Waals surface area contributed by atoms with E-state index in [-0.39, 0.29) is 29.2 Å². The van der Waals surface area contributed by atoms with Crippen LogP contribution in [0.15, 0.2) is 70.0 Å². The highest BCUT2D eigenvalue weighted by Crippen LogP contribution is 2.23. The van der Waals surface area contributed by atoms with Crippen LogP contribution in [0.2, 0.25) is 0 Å². The molecule has 0 atom stereocenters. The highest BCUT2D eigenvalue weighted by molar-refractivity contribution is 6.06. The number of halogens is 1. The molecule has 0 aliphatic heterocycles. The van der Waals surface area contributed by atoms with Crippen LogP contribution in [0.3, 0.4) is 0 Å². The number of amides is 1. The van der Waals surface area contributed by atoms with E-state index in [4.69, 9.17) is 4.42 Å². The molecule has 0 radical (unpaired) electrons. The molecule has 0 fully saturated rings. The van der Waals surface area contributed by atoms with Crippen LogP contribution in [0, 0.1) is 19.7 Å². The fourth-order valence-corrected chi connectivity index (χ4v) is 3.55. The number of hydrogen-bond donors (Lipinski definition) is 1. The summed E-state index contributed by atoms with van der Waals surface area (Å²) in [4.78, 5) is 26.0. The summed E-state index contributed by atoms with van der Waals surface area (Å²) in [6.07, 6.45) is 1.55. The van der Waals surface area contributed by atoms with Crippen molar-refractivity contribution in [3.63, 3.8) is 0 Å². The number of aryl methyl sites for hydroxylation is 2. The van der Waals surface area contributed by atoms with Gasteiger partial charge in [0, 0.05) is 18.3 Å². The molecular formula is C24H21FN2O3. The van der Waals surface area contributed by atoms with Gasteiger partial charge in [0.25, 0.3) is 11.5 Å². The molecule has 2 heterocycles. The Morgan fingerprint density at radius 3 is 2.47 bits per heavy atom. The maximum atomic E-state index is 14.0. The number of nitrogens with one attached hydrogen (secondary N) is 1. The molecule has 1 N–H and O–H groups in total. The van der Waals surface area contributed by atoms with E-state index in [0.717, 1.165) is 11.1 Å². The van der Waals surface area contributed by atoms with Gasteiger partial charge in [-0.05, 0) is 37.1 Å². The van der Waals surface area contributed by atoms with Gasteiger partial charge in [-0.25, -0.2) is 4.39 Å². The van der Waals surface area contributed by atoms with Crippen molar-refractivity contribution in [1.29, 1.82) is 0 Å². The van der Waals surface area contributed by atoms with E-state index in [0.29, 0.717) is 23.5 Å². The van der Waals surface area contributed by atoms with E-state index < -0.39 is 5.56 Å². The number of rotatable bonds is 5. The molecule has 152 valence electrons. The van der Waals surface area contributed by atoms with Crippen LogP contribution in [-0.2, 0) is 13.1 Å². The Kier molecular flexibility index (Phi) is 5.23. The van der Waals surface area contributed by atoms with Gasteiger partial charge in [0.15, 0.2) is 0 Å². The first-order valence-electron chi connectivity index (χ1n) is 9.64. The largest absolute Gasteiger partial charge is 0.460 e. The zero-order chi connectivity index (χ0) is 21.3. The van der Waals surface area contributed by atoms with Crippen molar-refractivity contribution in [2.75, 3.05) is 0 Å². The van der Waals surface area contributed by atoms with Crippen molar-refractivity contribution in [3.8, 4) is 0 Å². The minimum atomic E-state index is -0.395. The van der Waals surface area contributed by atoms with E-state index >= 15 is 0 Å². The van der Waals surface area contributed by atoms with Crippen LogP contribution in [0.5, 0.6) is 0 Å². The standard InChI is InChI=1S/C24H21FN2O3/c1-15-7-3-4-8-17(15)13-26-23(28)21-16(2)30-20-11-12-27(24(29)22(20)21)14-18-9-5-6-10-19(18)25/h3-12H,13-14H2,1-2H3,(H,26,28). The third kappa shape index (κ3) is 3.64. The topological polar surface area (TPSA) is 64.2 Å². The average Bonchev–Trinajstić information content (AvgIpc) is 3.07. The van der Waals surface area contributed by atoms with E-state index in [2.05, 4.69) is 5.32 Å². The highest BCUT2D eigenvalue weighted by Gasteiger charge is 2.22. The minimum Gasteiger partial charge on any atom is -0.460 e. The number of carbonyl (C=O) groups is 1. The van der Waals surface area contributed by atoms with Crippen molar-refractivity contribution in [1.82, 2.24) is 9.88 Å². The number of hydrogen-bond acceptors (Lipinski definition) is 3. The van der Waals surface area contributed by atoms with Gasteiger partial charge in [0.05, 0.1) is 17.5 Å². The smallest absolute Gasteiger partial charge is 0.262 e. The molecule has 0 spiro atoms. The number of aromatic nitrogens is 1. The Bertz CT molecular complexity index is 1300. The lowest BCUT2D eigenvalue weighted by molar-refractivity contribution is 0.0950. The molecule has 6 heteroatoms. The van der Waals surface area contributed by atoms with E-state index in [1.54, 1.807) is 37.4 Å². The van der Waals surface area contributed by atoms with Gasteiger partial charge in [-0.3, -0.25) is 9.59 Å². The number of fused-ring (bicyclic) bond motifs is 1. The molecule has 2 aromatic heterocycles. The van der Waals surface area contributed by atoms with E-state index in [1.807, 2.05) is 31.2 Å². The average molecular weight is 404 g/mol. The summed E-state index contributed by atoms with van der Waals surface area (Å²) in [6.45, 7) is 4.04. The Morgan fingerprint density at radius 1 is 1.03 bits per heavy atom. The highest BCUT2D eigenvalue weighted by atomic mass is 19.1. The van der Waals surface area contributed by atoms with Crippen LogP contribution in [0.1, 0.15) is 32.8 Å². The second kappa shape index (κ2) is 7.99. The van der Waals surface area contributed by atoms with Gasteiger partial charge in [0.2, 0.25) is 0 Å². The summed E-state index contributed by atoms with van der Waals surface area (Å²) in [5, 5.41) is 3.08. The fraction of sp³-hybridized carbons (Fsp3) is 0.167. The Hall–Kier alpha value is -3.67. The van der Waals surface area contributed by atoms with Crippen LogP contribution in [0.25, 0.3) is 11.0 Å². The molecule has 4 rings (SSSR count).